The van der Waals surface area contributed by atoms with Crippen LogP contribution in [-0.2, 0) is 0 Å². The van der Waals surface area contributed by atoms with E-state index in [2.05, 4.69) is 25.4 Å². The van der Waals surface area contributed by atoms with E-state index in [4.69, 9.17) is 0 Å². The van der Waals surface area contributed by atoms with Crippen molar-refractivity contribution in [3.8, 4) is 5.82 Å². The minimum absolute atomic E-state index is 0.165. The number of aliphatic imine (C=N–C) groups is 1. The van der Waals surface area contributed by atoms with E-state index in [1.54, 1.807) is 31.2 Å². The second kappa shape index (κ2) is 5.78. The lowest BCUT2D eigenvalue weighted by Crippen LogP contribution is -2.19. The predicted octanol–water partition coefficient (Wildman–Crippen LogP) is 1.80. The average molecular weight is 337 g/mol. The number of para-hydroxylation sites is 1. The van der Waals surface area contributed by atoms with E-state index >= 15 is 0 Å². The van der Waals surface area contributed by atoms with Crippen molar-refractivity contribution in [2.45, 2.75) is 6.92 Å². The van der Waals surface area contributed by atoms with Crippen molar-refractivity contribution in [2.24, 2.45) is 4.99 Å². The molecule has 0 aliphatic carbocycles. The van der Waals surface area contributed by atoms with Gasteiger partial charge in [-0.3, -0.25) is 14.9 Å². The summed E-state index contributed by atoms with van der Waals surface area (Å²) in [5.74, 6) is -0.0714. The monoisotopic (exact) mass is 337 g/mol. The maximum Gasteiger partial charge on any atom is 0.281 e. The van der Waals surface area contributed by atoms with Crippen LogP contribution in [0.1, 0.15) is 11.3 Å². The summed E-state index contributed by atoms with van der Waals surface area (Å²) in [6.45, 7) is 1.73. The Morgan fingerprint density at radius 1 is 1.24 bits per heavy atom. The Morgan fingerprint density at radius 3 is 2.92 bits per heavy atom. The summed E-state index contributed by atoms with van der Waals surface area (Å²) in [7, 11) is 0. The van der Waals surface area contributed by atoms with Gasteiger partial charge in [-0.25, -0.2) is 4.39 Å². The van der Waals surface area contributed by atoms with Gasteiger partial charge in [0.15, 0.2) is 11.5 Å². The molecule has 9 heteroatoms. The minimum atomic E-state index is -0.452. The van der Waals surface area contributed by atoms with Gasteiger partial charge in [-0.2, -0.15) is 9.20 Å². The van der Waals surface area contributed by atoms with Gasteiger partial charge in [0.25, 0.3) is 5.56 Å². The van der Waals surface area contributed by atoms with E-state index in [9.17, 15) is 9.18 Å². The number of hydrogen-bond acceptors (Lipinski definition) is 5. The number of nitrogens with one attached hydrogen (secondary N) is 1. The number of benzene rings is 1. The lowest BCUT2D eigenvalue weighted by molar-refractivity contribution is 0.630. The highest BCUT2D eigenvalue weighted by Crippen LogP contribution is 2.16. The summed E-state index contributed by atoms with van der Waals surface area (Å²) >= 11 is 0. The van der Waals surface area contributed by atoms with Crippen molar-refractivity contribution < 1.29 is 4.39 Å². The second-order valence-corrected chi connectivity index (χ2v) is 5.33. The molecule has 0 saturated heterocycles. The summed E-state index contributed by atoms with van der Waals surface area (Å²) in [5.41, 5.74) is 1.32. The zero-order chi connectivity index (χ0) is 17.4. The first kappa shape index (κ1) is 14.9. The molecule has 0 spiro atoms. The summed E-state index contributed by atoms with van der Waals surface area (Å²) in [6.07, 6.45) is 2.79. The fourth-order valence-electron chi connectivity index (χ4n) is 2.40. The van der Waals surface area contributed by atoms with Crippen LogP contribution in [0.3, 0.4) is 0 Å². The number of halogens is 1. The van der Waals surface area contributed by atoms with Crippen molar-refractivity contribution in [2.75, 3.05) is 0 Å². The molecule has 1 N–H and O–H groups in total. The molecule has 124 valence electrons. The topological polar surface area (TPSA) is 93.2 Å². The first-order chi connectivity index (χ1) is 12.1. The summed E-state index contributed by atoms with van der Waals surface area (Å²) in [4.78, 5) is 16.7. The molecule has 0 radical (unpaired) electrons. The van der Waals surface area contributed by atoms with Gasteiger partial charge in [-0.05, 0) is 31.2 Å². The predicted molar refractivity (Wildman–Crippen MR) is 89.1 cm³/mol. The Kier molecular flexibility index (Phi) is 3.46. The van der Waals surface area contributed by atoms with Gasteiger partial charge in [0.1, 0.15) is 12.1 Å². The molecule has 0 unspecified atom stereocenters. The largest absolute Gasteiger partial charge is 0.293 e. The average Bonchev–Trinajstić information content (AvgIpc) is 3.18. The van der Waals surface area contributed by atoms with Crippen molar-refractivity contribution in [3.05, 3.63) is 70.2 Å². The summed E-state index contributed by atoms with van der Waals surface area (Å²) in [6, 6.07) is 9.46. The van der Waals surface area contributed by atoms with Gasteiger partial charge in [-0.15, -0.1) is 15.3 Å². The molecule has 0 aliphatic heterocycles. The van der Waals surface area contributed by atoms with E-state index in [0.717, 1.165) is 0 Å². The molecule has 25 heavy (non-hydrogen) atoms. The molecule has 0 fully saturated rings. The van der Waals surface area contributed by atoms with Crippen molar-refractivity contribution in [3.63, 3.8) is 0 Å². The van der Waals surface area contributed by atoms with Gasteiger partial charge in [0, 0.05) is 11.9 Å². The molecular formula is C16H12FN7O. The smallest absolute Gasteiger partial charge is 0.281 e. The van der Waals surface area contributed by atoms with Crippen LogP contribution in [0.4, 0.5) is 10.1 Å². The quantitative estimate of drug-likeness (QED) is 0.577. The van der Waals surface area contributed by atoms with Gasteiger partial charge >= 0.3 is 0 Å². The molecule has 0 saturated carbocycles. The van der Waals surface area contributed by atoms with Gasteiger partial charge in [0.05, 0.1) is 11.3 Å². The Morgan fingerprint density at radius 2 is 2.08 bits per heavy atom. The third-order valence-corrected chi connectivity index (χ3v) is 3.68. The first-order valence-corrected chi connectivity index (χ1v) is 7.41. The third kappa shape index (κ3) is 2.61. The second-order valence-electron chi connectivity index (χ2n) is 5.33. The van der Waals surface area contributed by atoms with E-state index in [1.165, 1.54) is 33.9 Å². The Labute approximate surface area is 140 Å². The molecule has 3 aromatic heterocycles. The minimum Gasteiger partial charge on any atom is -0.293 e. The molecule has 0 bridgehead atoms. The van der Waals surface area contributed by atoms with Gasteiger partial charge < -0.3 is 0 Å². The molecule has 0 atom stereocenters. The van der Waals surface area contributed by atoms with E-state index in [1.807, 2.05) is 0 Å². The molecular weight excluding hydrogens is 325 g/mol. The van der Waals surface area contributed by atoms with Gasteiger partial charge in [0.2, 0.25) is 0 Å². The molecule has 0 aliphatic rings. The van der Waals surface area contributed by atoms with Crippen LogP contribution < -0.4 is 5.56 Å². The highest BCUT2D eigenvalue weighted by atomic mass is 19.1. The van der Waals surface area contributed by atoms with Crippen LogP contribution in [-0.4, -0.2) is 35.8 Å². The van der Waals surface area contributed by atoms with Crippen LogP contribution in [0.25, 0.3) is 11.5 Å². The Hall–Kier alpha value is -3.62. The van der Waals surface area contributed by atoms with E-state index in [0.29, 0.717) is 22.7 Å². The fraction of sp³-hybridized carbons (Fsp3) is 0.0625. The first-order valence-electron chi connectivity index (χ1n) is 7.41. The molecule has 1 aromatic carbocycles. The van der Waals surface area contributed by atoms with Crippen LogP contribution >= 0.6 is 0 Å². The van der Waals surface area contributed by atoms with E-state index in [-0.39, 0.29) is 11.2 Å². The summed E-state index contributed by atoms with van der Waals surface area (Å²) in [5, 5.41) is 14.8. The third-order valence-electron chi connectivity index (χ3n) is 3.68. The zero-order valence-corrected chi connectivity index (χ0v) is 13.1. The van der Waals surface area contributed by atoms with Crippen molar-refractivity contribution in [1.82, 2.24) is 29.6 Å². The molecule has 3 heterocycles. The van der Waals surface area contributed by atoms with Crippen LogP contribution in [0.15, 0.2) is 52.5 Å². The Balaban J connectivity index is 1.76. The van der Waals surface area contributed by atoms with Crippen LogP contribution in [0.2, 0.25) is 0 Å². The van der Waals surface area contributed by atoms with Crippen molar-refractivity contribution in [1.29, 1.82) is 0 Å². The highest BCUT2D eigenvalue weighted by Gasteiger charge is 2.12. The maximum absolute atomic E-state index is 13.7. The van der Waals surface area contributed by atoms with Crippen LogP contribution in [0.5, 0.6) is 0 Å². The van der Waals surface area contributed by atoms with Gasteiger partial charge in [-0.1, -0.05) is 12.1 Å². The number of fused-ring (bicyclic) bond motifs is 1. The Bertz CT molecular complexity index is 1150. The number of aromatic amines is 1. The highest BCUT2D eigenvalue weighted by molar-refractivity contribution is 5.83. The summed E-state index contributed by atoms with van der Waals surface area (Å²) < 4.78 is 16.4. The fourth-order valence-corrected chi connectivity index (χ4v) is 2.40. The lowest BCUT2D eigenvalue weighted by Gasteiger charge is -2.00. The van der Waals surface area contributed by atoms with Crippen molar-refractivity contribution >= 4 is 17.5 Å². The SMILES string of the molecule is Cc1[nH]n(-c2ccc3nncn3n2)c(=O)c1C=Nc1ccccc1F. The zero-order valence-electron chi connectivity index (χ0n) is 13.1. The molecule has 8 nitrogen and oxygen atoms in total. The van der Waals surface area contributed by atoms with E-state index < -0.39 is 5.82 Å². The number of hydrogen-bond donors (Lipinski definition) is 1. The number of aryl methyl sites for hydroxylation is 1. The number of rotatable bonds is 3. The number of H-pyrrole nitrogens is 1. The molecule has 0 amide bonds. The molecule has 4 aromatic rings. The number of aromatic nitrogens is 6. The van der Waals surface area contributed by atoms with Crippen LogP contribution in [0, 0.1) is 12.7 Å². The molecule has 4 rings (SSSR count). The standard InChI is InChI=1S/C16H12FN7O/c1-10-11(8-18-13-5-3-2-4-12(13)17)16(25)24(21-10)15-7-6-14-20-19-9-23(14)22-15/h2-9,21H,1H3. The number of nitrogens with zero attached hydrogens (tertiary/aromatic N) is 6. The lowest BCUT2D eigenvalue weighted by atomic mass is 10.2. The maximum atomic E-state index is 13.7. The normalized spacial score (nSPS) is 11.6.